The first-order chi connectivity index (χ1) is 9.97. The highest BCUT2D eigenvalue weighted by Gasteiger charge is 2.20. The molecule has 0 spiro atoms. The normalized spacial score (nSPS) is 11.6. The third-order valence-corrected chi connectivity index (χ3v) is 3.37. The van der Waals surface area contributed by atoms with Crippen molar-refractivity contribution in [1.29, 1.82) is 0 Å². The van der Waals surface area contributed by atoms with Gasteiger partial charge in [-0.3, -0.25) is 4.68 Å². The van der Waals surface area contributed by atoms with Crippen LogP contribution in [0, 0.1) is 0 Å². The van der Waals surface area contributed by atoms with E-state index >= 15 is 0 Å². The average molecular weight is 314 g/mol. The van der Waals surface area contributed by atoms with Crippen LogP contribution in [-0.4, -0.2) is 15.8 Å². The second kappa shape index (κ2) is 7.00. The Hall–Kier alpha value is -1.46. The first-order valence-corrected chi connectivity index (χ1v) is 7.15. The van der Waals surface area contributed by atoms with Gasteiger partial charge in [0.1, 0.15) is 5.69 Å². The van der Waals surface area contributed by atoms with Gasteiger partial charge in [-0.05, 0) is 17.7 Å². The number of hydrogen-bond donors (Lipinski definition) is 1. The van der Waals surface area contributed by atoms with E-state index in [2.05, 4.69) is 10.4 Å². The number of nitrogens with zero attached hydrogens (tertiary/aromatic N) is 2. The number of benzene rings is 1. The van der Waals surface area contributed by atoms with Crippen LogP contribution in [-0.2, 0) is 13.1 Å². The largest absolute Gasteiger partial charge is 0.310 e. The molecule has 1 aromatic carbocycles. The lowest BCUT2D eigenvalue weighted by atomic mass is 10.2. The fourth-order valence-corrected chi connectivity index (χ4v) is 2.15. The van der Waals surface area contributed by atoms with E-state index in [1.807, 2.05) is 26.0 Å². The molecular formula is C15H18ClF2N3. The Morgan fingerprint density at radius 2 is 1.90 bits per heavy atom. The van der Waals surface area contributed by atoms with Gasteiger partial charge in [0.15, 0.2) is 0 Å². The molecule has 0 bridgehead atoms. The minimum absolute atomic E-state index is 0.0295. The number of rotatable bonds is 6. The van der Waals surface area contributed by atoms with Crippen molar-refractivity contribution in [3.63, 3.8) is 0 Å². The molecule has 0 unspecified atom stereocenters. The van der Waals surface area contributed by atoms with Gasteiger partial charge in [-0.15, -0.1) is 0 Å². The Morgan fingerprint density at radius 1 is 1.24 bits per heavy atom. The summed E-state index contributed by atoms with van der Waals surface area (Å²) in [5, 5.41) is 7.85. The van der Waals surface area contributed by atoms with Gasteiger partial charge in [0, 0.05) is 23.2 Å². The molecule has 1 heterocycles. The molecular weight excluding hydrogens is 296 g/mol. The van der Waals surface area contributed by atoms with E-state index in [1.54, 1.807) is 12.1 Å². The highest BCUT2D eigenvalue weighted by Crippen LogP contribution is 2.24. The van der Waals surface area contributed by atoms with Crippen molar-refractivity contribution in [2.24, 2.45) is 0 Å². The summed E-state index contributed by atoms with van der Waals surface area (Å²) in [6, 6.07) is 7.33. The number of halogens is 3. The van der Waals surface area contributed by atoms with Crippen LogP contribution in [0.1, 0.15) is 37.1 Å². The van der Waals surface area contributed by atoms with E-state index in [0.29, 0.717) is 23.7 Å². The molecule has 6 heteroatoms. The van der Waals surface area contributed by atoms with E-state index in [0.717, 1.165) is 5.56 Å². The van der Waals surface area contributed by atoms with E-state index in [4.69, 9.17) is 11.6 Å². The average Bonchev–Trinajstić information content (AvgIpc) is 2.82. The quantitative estimate of drug-likeness (QED) is 0.873. The third kappa shape index (κ3) is 4.25. The van der Waals surface area contributed by atoms with Gasteiger partial charge >= 0.3 is 0 Å². The Morgan fingerprint density at radius 3 is 2.48 bits per heavy atom. The van der Waals surface area contributed by atoms with Crippen LogP contribution in [0.5, 0.6) is 0 Å². The molecule has 0 aliphatic rings. The zero-order chi connectivity index (χ0) is 15.4. The lowest BCUT2D eigenvalue weighted by Gasteiger charge is -2.11. The standard InChI is InChI=1S/C15H18ClF2N3/c1-10(2)19-7-12-8-20-21(14(12)15(17)18)9-11-3-5-13(16)6-4-11/h3-6,8,10,15,19H,7,9H2,1-2H3. The molecule has 0 saturated carbocycles. The predicted molar refractivity (Wildman–Crippen MR) is 79.7 cm³/mol. The molecule has 1 N–H and O–H groups in total. The topological polar surface area (TPSA) is 29.9 Å². The predicted octanol–water partition coefficient (Wildman–Crippen LogP) is 4.02. The lowest BCUT2D eigenvalue weighted by molar-refractivity contribution is 0.138. The van der Waals surface area contributed by atoms with Gasteiger partial charge in [-0.2, -0.15) is 5.10 Å². The van der Waals surface area contributed by atoms with Gasteiger partial charge in [0.2, 0.25) is 0 Å². The molecule has 21 heavy (non-hydrogen) atoms. The first-order valence-electron chi connectivity index (χ1n) is 6.78. The maximum atomic E-state index is 13.3. The molecule has 0 aliphatic carbocycles. The molecule has 0 amide bonds. The zero-order valence-corrected chi connectivity index (χ0v) is 12.7. The maximum absolute atomic E-state index is 13.3. The molecule has 114 valence electrons. The van der Waals surface area contributed by atoms with Crippen molar-refractivity contribution in [3.8, 4) is 0 Å². The van der Waals surface area contributed by atoms with Crippen molar-refractivity contribution in [2.45, 2.75) is 39.4 Å². The van der Waals surface area contributed by atoms with Crippen molar-refractivity contribution in [2.75, 3.05) is 0 Å². The molecule has 0 aliphatic heterocycles. The SMILES string of the molecule is CC(C)NCc1cnn(Cc2ccc(Cl)cc2)c1C(F)F. The molecule has 0 saturated heterocycles. The number of nitrogens with one attached hydrogen (secondary N) is 1. The minimum Gasteiger partial charge on any atom is -0.310 e. The summed E-state index contributed by atoms with van der Waals surface area (Å²) in [7, 11) is 0. The second-order valence-electron chi connectivity index (χ2n) is 5.18. The maximum Gasteiger partial charge on any atom is 0.280 e. The van der Waals surface area contributed by atoms with Crippen molar-refractivity contribution in [3.05, 3.63) is 52.3 Å². The summed E-state index contributed by atoms with van der Waals surface area (Å²) in [6.45, 7) is 4.64. The Balaban J connectivity index is 2.20. The Labute approximate surface area is 127 Å². The number of aromatic nitrogens is 2. The van der Waals surface area contributed by atoms with Gasteiger partial charge in [0.05, 0.1) is 12.7 Å². The van der Waals surface area contributed by atoms with E-state index in [1.165, 1.54) is 10.9 Å². The summed E-state index contributed by atoms with van der Waals surface area (Å²) in [4.78, 5) is 0. The fraction of sp³-hybridized carbons (Fsp3) is 0.400. The highest BCUT2D eigenvalue weighted by atomic mass is 35.5. The third-order valence-electron chi connectivity index (χ3n) is 3.11. The van der Waals surface area contributed by atoms with Crippen LogP contribution in [0.4, 0.5) is 8.78 Å². The summed E-state index contributed by atoms with van der Waals surface area (Å²) >= 11 is 5.82. The van der Waals surface area contributed by atoms with Gasteiger partial charge in [-0.25, -0.2) is 8.78 Å². The summed E-state index contributed by atoms with van der Waals surface area (Å²) < 4.78 is 28.0. The molecule has 0 radical (unpaired) electrons. The van der Waals surface area contributed by atoms with Crippen molar-refractivity contribution in [1.82, 2.24) is 15.1 Å². The van der Waals surface area contributed by atoms with Gasteiger partial charge in [-0.1, -0.05) is 37.6 Å². The highest BCUT2D eigenvalue weighted by molar-refractivity contribution is 6.30. The molecule has 0 atom stereocenters. The van der Waals surface area contributed by atoms with Crippen LogP contribution >= 0.6 is 11.6 Å². The minimum atomic E-state index is -2.55. The summed E-state index contributed by atoms with van der Waals surface area (Å²) in [5.74, 6) is 0. The molecule has 1 aromatic heterocycles. The lowest BCUT2D eigenvalue weighted by Crippen LogP contribution is -2.22. The van der Waals surface area contributed by atoms with Crippen LogP contribution in [0.25, 0.3) is 0 Å². The summed E-state index contributed by atoms with van der Waals surface area (Å²) in [6.07, 6.45) is -1.05. The van der Waals surface area contributed by atoms with Crippen molar-refractivity contribution >= 4 is 11.6 Å². The second-order valence-corrected chi connectivity index (χ2v) is 5.61. The van der Waals surface area contributed by atoms with E-state index < -0.39 is 6.43 Å². The van der Waals surface area contributed by atoms with Crippen LogP contribution in [0.3, 0.4) is 0 Å². The Kier molecular flexibility index (Phi) is 5.31. The fourth-order valence-electron chi connectivity index (χ4n) is 2.03. The summed E-state index contributed by atoms with van der Waals surface area (Å²) in [5.41, 5.74) is 1.39. The molecule has 3 nitrogen and oxygen atoms in total. The number of hydrogen-bond acceptors (Lipinski definition) is 2. The van der Waals surface area contributed by atoms with Crippen LogP contribution < -0.4 is 5.32 Å². The smallest absolute Gasteiger partial charge is 0.280 e. The van der Waals surface area contributed by atoms with Gasteiger partial charge < -0.3 is 5.32 Å². The number of alkyl halides is 2. The van der Waals surface area contributed by atoms with Crippen molar-refractivity contribution < 1.29 is 8.78 Å². The van der Waals surface area contributed by atoms with Crippen LogP contribution in [0.2, 0.25) is 5.02 Å². The van der Waals surface area contributed by atoms with E-state index in [-0.39, 0.29) is 11.7 Å². The zero-order valence-electron chi connectivity index (χ0n) is 12.0. The monoisotopic (exact) mass is 313 g/mol. The molecule has 2 aromatic rings. The van der Waals surface area contributed by atoms with Gasteiger partial charge in [0.25, 0.3) is 6.43 Å². The molecule has 0 fully saturated rings. The molecule has 2 rings (SSSR count). The van der Waals surface area contributed by atoms with Crippen LogP contribution in [0.15, 0.2) is 30.5 Å². The first kappa shape index (κ1) is 15.9. The Bertz CT molecular complexity index is 579. The van der Waals surface area contributed by atoms with E-state index in [9.17, 15) is 8.78 Å².